The van der Waals surface area contributed by atoms with Gasteiger partial charge in [0.15, 0.2) is 11.5 Å². The average molecular weight is 483 g/mol. The maximum absolute atomic E-state index is 13.7. The monoisotopic (exact) mass is 483 g/mol. The Balaban J connectivity index is 1.19. The zero-order chi connectivity index (χ0) is 24.3. The molecule has 1 aliphatic heterocycles. The number of hydrogen-bond acceptors (Lipinski definition) is 7. The number of pyridine rings is 1. The molecule has 182 valence electrons. The number of Topliss-reactive ketones (excluding diaryl/α,β-unsaturated/α-hetero) is 1. The highest BCUT2D eigenvalue weighted by atomic mass is 19.4. The minimum absolute atomic E-state index is 0.0387. The van der Waals surface area contributed by atoms with Crippen molar-refractivity contribution >= 4 is 17.5 Å². The molecule has 0 amide bonds. The van der Waals surface area contributed by atoms with Crippen molar-refractivity contribution in [2.24, 2.45) is 11.8 Å². The molecule has 0 bridgehead atoms. The van der Waals surface area contributed by atoms with E-state index in [4.69, 9.17) is 5.73 Å². The van der Waals surface area contributed by atoms with E-state index in [0.29, 0.717) is 30.2 Å². The minimum atomic E-state index is -4.74. The molecule has 35 heavy (non-hydrogen) atoms. The van der Waals surface area contributed by atoms with Crippen LogP contribution in [0.5, 0.6) is 0 Å². The molecular weight excluding hydrogens is 459 g/mol. The highest BCUT2D eigenvalue weighted by molar-refractivity contribution is 5.97. The molecule has 0 radical (unpaired) electrons. The summed E-state index contributed by atoms with van der Waals surface area (Å²) in [6, 6.07) is 3.46. The number of piperidine rings is 1. The number of hydrogen-bond donors (Lipinski definition) is 1. The number of halogens is 3. The molecule has 0 spiro atoms. The van der Waals surface area contributed by atoms with Crippen molar-refractivity contribution in [2.45, 2.75) is 44.3 Å². The van der Waals surface area contributed by atoms with E-state index in [1.165, 1.54) is 12.6 Å². The second-order valence-electron chi connectivity index (χ2n) is 9.77. The number of alkyl halides is 3. The van der Waals surface area contributed by atoms with Crippen LogP contribution in [0.15, 0.2) is 30.7 Å². The Morgan fingerprint density at radius 1 is 1.14 bits per heavy atom. The standard InChI is InChI=1S/C24H24F3N7O/c25-24(26,27)22-18(20(35)6-14-1-3-19-17(14)2-4-21(28)31-19)12-34(32-22)9-13-7-29-23(30-8-13)33-10-15-5-16(15)11-33/h2,4,7-8,12,14-16H,1,3,5-6,9-11H2,(H2,28,31)/t14-,15?,16?/m0/s1. The zero-order valence-corrected chi connectivity index (χ0v) is 18.9. The van der Waals surface area contributed by atoms with Crippen molar-refractivity contribution in [3.63, 3.8) is 0 Å². The number of nitrogen functional groups attached to an aromatic ring is 1. The van der Waals surface area contributed by atoms with E-state index in [2.05, 4.69) is 25.0 Å². The van der Waals surface area contributed by atoms with E-state index in [9.17, 15) is 18.0 Å². The summed E-state index contributed by atoms with van der Waals surface area (Å²) < 4.78 is 42.4. The second kappa shape index (κ2) is 8.03. The lowest BCUT2D eigenvalue weighted by molar-refractivity contribution is -0.141. The molecule has 0 aromatic carbocycles. The van der Waals surface area contributed by atoms with Crippen molar-refractivity contribution in [3.8, 4) is 0 Å². The van der Waals surface area contributed by atoms with Crippen molar-refractivity contribution in [2.75, 3.05) is 23.7 Å². The lowest BCUT2D eigenvalue weighted by Crippen LogP contribution is -2.24. The molecule has 8 nitrogen and oxygen atoms in total. The first kappa shape index (κ1) is 22.0. The molecule has 2 aliphatic carbocycles. The lowest BCUT2D eigenvalue weighted by Gasteiger charge is -2.17. The lowest BCUT2D eigenvalue weighted by atomic mass is 9.94. The summed E-state index contributed by atoms with van der Waals surface area (Å²) in [7, 11) is 0. The molecule has 2 N–H and O–H groups in total. The summed E-state index contributed by atoms with van der Waals surface area (Å²) in [5, 5.41) is 3.72. The fraction of sp³-hybridized carbons (Fsp3) is 0.458. The smallest absolute Gasteiger partial charge is 0.384 e. The van der Waals surface area contributed by atoms with Gasteiger partial charge >= 0.3 is 6.18 Å². The van der Waals surface area contributed by atoms with E-state index in [0.717, 1.165) is 40.9 Å². The number of aromatic nitrogens is 5. The summed E-state index contributed by atoms with van der Waals surface area (Å²) in [6.07, 6.45) is 2.20. The molecular formula is C24H24F3N7O. The van der Waals surface area contributed by atoms with Gasteiger partial charge in [0, 0.05) is 49.4 Å². The number of nitrogens with two attached hydrogens (primary N) is 1. The van der Waals surface area contributed by atoms with E-state index in [1.807, 2.05) is 6.07 Å². The Kier molecular flexibility index (Phi) is 5.05. The van der Waals surface area contributed by atoms with Crippen LogP contribution >= 0.6 is 0 Å². The number of nitrogens with zero attached hydrogens (tertiary/aromatic N) is 6. The first-order chi connectivity index (χ1) is 16.7. The Labute approximate surface area is 199 Å². The van der Waals surface area contributed by atoms with Crippen molar-refractivity contribution < 1.29 is 18.0 Å². The molecule has 1 saturated heterocycles. The number of anilines is 2. The van der Waals surface area contributed by atoms with Gasteiger partial charge in [-0.25, -0.2) is 15.0 Å². The molecule has 6 rings (SSSR count). The maximum atomic E-state index is 13.7. The summed E-state index contributed by atoms with van der Waals surface area (Å²) >= 11 is 0. The number of carbonyl (C=O) groups excluding carboxylic acids is 1. The topological polar surface area (TPSA) is 103 Å². The molecule has 3 aliphatic rings. The van der Waals surface area contributed by atoms with Crippen LogP contribution in [-0.2, 0) is 19.1 Å². The van der Waals surface area contributed by atoms with Crippen LogP contribution in [0.3, 0.4) is 0 Å². The number of aryl methyl sites for hydroxylation is 1. The van der Waals surface area contributed by atoms with E-state index in [1.54, 1.807) is 18.5 Å². The Morgan fingerprint density at radius 2 is 1.89 bits per heavy atom. The van der Waals surface area contributed by atoms with Crippen LogP contribution in [0.2, 0.25) is 0 Å². The predicted octanol–water partition coefficient (Wildman–Crippen LogP) is 3.48. The van der Waals surface area contributed by atoms with Crippen LogP contribution in [0.25, 0.3) is 0 Å². The third kappa shape index (κ3) is 4.23. The van der Waals surface area contributed by atoms with Gasteiger partial charge in [-0.1, -0.05) is 6.07 Å². The van der Waals surface area contributed by atoms with Gasteiger partial charge in [-0.15, -0.1) is 0 Å². The van der Waals surface area contributed by atoms with Crippen molar-refractivity contribution in [1.82, 2.24) is 24.7 Å². The van der Waals surface area contributed by atoms with Gasteiger partial charge in [0.25, 0.3) is 0 Å². The quantitative estimate of drug-likeness (QED) is 0.536. The van der Waals surface area contributed by atoms with Gasteiger partial charge in [-0.2, -0.15) is 18.3 Å². The maximum Gasteiger partial charge on any atom is 0.435 e. The molecule has 3 aromatic heterocycles. The third-order valence-electron chi connectivity index (χ3n) is 7.26. The molecule has 3 atom stereocenters. The highest BCUT2D eigenvalue weighted by Gasteiger charge is 2.45. The van der Waals surface area contributed by atoms with Crippen LogP contribution < -0.4 is 10.6 Å². The van der Waals surface area contributed by atoms with Crippen LogP contribution in [0.4, 0.5) is 24.9 Å². The van der Waals surface area contributed by atoms with E-state index in [-0.39, 0.29) is 18.9 Å². The minimum Gasteiger partial charge on any atom is -0.384 e. The molecule has 3 aromatic rings. The van der Waals surface area contributed by atoms with Gasteiger partial charge in [-0.05, 0) is 48.6 Å². The third-order valence-corrected chi connectivity index (χ3v) is 7.26. The Hall–Kier alpha value is -3.50. The number of fused-ring (bicyclic) bond motifs is 2. The zero-order valence-electron chi connectivity index (χ0n) is 18.9. The summed E-state index contributed by atoms with van der Waals surface area (Å²) in [4.78, 5) is 28.2. The van der Waals surface area contributed by atoms with Gasteiger partial charge in [0.2, 0.25) is 5.95 Å². The van der Waals surface area contributed by atoms with E-state index < -0.39 is 23.2 Å². The summed E-state index contributed by atoms with van der Waals surface area (Å²) in [5.41, 5.74) is 6.45. The number of carbonyl (C=O) groups is 1. The Morgan fingerprint density at radius 3 is 2.60 bits per heavy atom. The number of rotatable bonds is 6. The second-order valence-corrected chi connectivity index (χ2v) is 9.77. The fourth-order valence-corrected chi connectivity index (χ4v) is 5.37. The SMILES string of the molecule is Nc1ccc2c(n1)CC[C@H]2CC(=O)c1cn(Cc2cnc(N3CC4CC4C3)nc2)nc1C(F)(F)F. The number of ketones is 1. The summed E-state index contributed by atoms with van der Waals surface area (Å²) in [5.74, 6) is 1.74. The van der Waals surface area contributed by atoms with E-state index >= 15 is 0 Å². The van der Waals surface area contributed by atoms with Crippen molar-refractivity contribution in [3.05, 3.63) is 58.8 Å². The van der Waals surface area contributed by atoms with Crippen LogP contribution in [0.1, 0.15) is 58.1 Å². The normalized spacial score (nSPS) is 22.8. The largest absolute Gasteiger partial charge is 0.435 e. The molecule has 2 unspecified atom stereocenters. The van der Waals surface area contributed by atoms with Gasteiger partial charge in [0.05, 0.1) is 12.1 Å². The average Bonchev–Trinajstić information content (AvgIpc) is 3.17. The molecule has 1 saturated carbocycles. The Bertz CT molecular complexity index is 1280. The fourth-order valence-electron chi connectivity index (χ4n) is 5.37. The van der Waals surface area contributed by atoms with Crippen LogP contribution in [0, 0.1) is 11.8 Å². The highest BCUT2D eigenvalue weighted by Crippen LogP contribution is 2.45. The van der Waals surface area contributed by atoms with Gasteiger partial charge in [-0.3, -0.25) is 9.48 Å². The molecule has 11 heteroatoms. The van der Waals surface area contributed by atoms with Gasteiger partial charge < -0.3 is 10.6 Å². The van der Waals surface area contributed by atoms with Gasteiger partial charge in [0.1, 0.15) is 5.82 Å². The van der Waals surface area contributed by atoms with Crippen molar-refractivity contribution in [1.29, 1.82) is 0 Å². The molecule has 4 heterocycles. The molecule has 2 fully saturated rings. The summed E-state index contributed by atoms with van der Waals surface area (Å²) in [6.45, 7) is 1.95. The first-order valence-corrected chi connectivity index (χ1v) is 11.7. The first-order valence-electron chi connectivity index (χ1n) is 11.7. The predicted molar refractivity (Wildman–Crippen MR) is 121 cm³/mol. The van der Waals surface area contributed by atoms with Crippen LogP contribution in [-0.4, -0.2) is 43.6 Å².